The number of Topliss-reactive ketones (excluding diaryl/α,β-unsaturated/α-hetero) is 1. The second-order valence-corrected chi connectivity index (χ2v) is 2.51. The van der Waals surface area contributed by atoms with E-state index < -0.39 is 12.1 Å². The van der Waals surface area contributed by atoms with E-state index in [9.17, 15) is 9.59 Å². The van der Waals surface area contributed by atoms with Crippen LogP contribution in [0.1, 0.15) is 19.3 Å². The van der Waals surface area contributed by atoms with Gasteiger partial charge in [-0.05, 0) is 0 Å². The van der Waals surface area contributed by atoms with E-state index in [4.69, 9.17) is 10.4 Å². The van der Waals surface area contributed by atoms with Crippen LogP contribution in [0.5, 0.6) is 0 Å². The third kappa shape index (κ3) is 5.82. The fraction of sp³-hybridized carbons (Fsp3) is 0.625. The lowest BCUT2D eigenvalue weighted by atomic mass is 10.1. The number of aliphatic hydroxyl groups excluding tert-OH is 1. The summed E-state index contributed by atoms with van der Waals surface area (Å²) in [5, 5.41) is 17.3. The molecule has 13 heavy (non-hydrogen) atoms. The van der Waals surface area contributed by atoms with Crippen LogP contribution >= 0.6 is 0 Å². The molecule has 1 N–H and O–H groups in total. The molecule has 0 saturated heterocycles. The Morgan fingerprint density at radius 3 is 2.62 bits per heavy atom. The molecular formula is C8H11NO4. The number of esters is 1. The number of nitriles is 1. The van der Waals surface area contributed by atoms with Crippen LogP contribution in [0.2, 0.25) is 0 Å². The molecule has 0 radical (unpaired) electrons. The Hall–Kier alpha value is -1.41. The number of carbonyl (C=O) groups is 2. The molecule has 0 aliphatic carbocycles. The van der Waals surface area contributed by atoms with Gasteiger partial charge < -0.3 is 9.84 Å². The largest absolute Gasteiger partial charge is 0.469 e. The third-order valence-electron chi connectivity index (χ3n) is 1.37. The Balaban J connectivity index is 3.75. The van der Waals surface area contributed by atoms with Crippen LogP contribution in [-0.4, -0.2) is 30.1 Å². The molecule has 1 atom stereocenters. The summed E-state index contributed by atoms with van der Waals surface area (Å²) in [4.78, 5) is 21.4. The number of ether oxygens (including phenoxy) is 1. The lowest BCUT2D eigenvalue weighted by Crippen LogP contribution is -2.18. The summed E-state index contributed by atoms with van der Waals surface area (Å²) in [7, 11) is 1.20. The molecule has 0 heterocycles. The highest BCUT2D eigenvalue weighted by molar-refractivity contribution is 5.81. The monoisotopic (exact) mass is 185 g/mol. The van der Waals surface area contributed by atoms with E-state index in [2.05, 4.69) is 4.74 Å². The Morgan fingerprint density at radius 1 is 1.54 bits per heavy atom. The van der Waals surface area contributed by atoms with Crippen LogP contribution in [0.4, 0.5) is 0 Å². The smallest absolute Gasteiger partial charge is 0.308 e. The van der Waals surface area contributed by atoms with Gasteiger partial charge in [-0.2, -0.15) is 5.26 Å². The Morgan fingerprint density at radius 2 is 2.15 bits per heavy atom. The maximum Gasteiger partial charge on any atom is 0.308 e. The number of ketones is 1. The van der Waals surface area contributed by atoms with Crippen molar-refractivity contribution < 1.29 is 19.4 Å². The number of hydrogen-bond donors (Lipinski definition) is 1. The molecule has 0 bridgehead atoms. The quantitative estimate of drug-likeness (QED) is 0.598. The van der Waals surface area contributed by atoms with Crippen LogP contribution < -0.4 is 0 Å². The molecule has 0 saturated carbocycles. The van der Waals surface area contributed by atoms with Gasteiger partial charge in [0.25, 0.3) is 0 Å². The van der Waals surface area contributed by atoms with Crippen molar-refractivity contribution in [1.82, 2.24) is 0 Å². The van der Waals surface area contributed by atoms with Crippen LogP contribution in [0.3, 0.4) is 0 Å². The van der Waals surface area contributed by atoms with E-state index in [1.54, 1.807) is 6.07 Å². The summed E-state index contributed by atoms with van der Waals surface area (Å²) in [6, 6.07) is 1.66. The minimum Gasteiger partial charge on any atom is -0.469 e. The molecule has 72 valence electrons. The molecule has 1 unspecified atom stereocenters. The van der Waals surface area contributed by atoms with Gasteiger partial charge in [-0.25, -0.2) is 0 Å². The van der Waals surface area contributed by atoms with Crippen LogP contribution in [0.15, 0.2) is 0 Å². The van der Waals surface area contributed by atoms with E-state index >= 15 is 0 Å². The van der Waals surface area contributed by atoms with Crippen molar-refractivity contribution in [2.24, 2.45) is 0 Å². The van der Waals surface area contributed by atoms with Gasteiger partial charge in [0.15, 0.2) is 0 Å². The summed E-state index contributed by atoms with van der Waals surface area (Å²) >= 11 is 0. The zero-order chi connectivity index (χ0) is 10.3. The van der Waals surface area contributed by atoms with Gasteiger partial charge in [0.2, 0.25) is 0 Å². The van der Waals surface area contributed by atoms with Crippen molar-refractivity contribution in [2.75, 3.05) is 7.11 Å². The van der Waals surface area contributed by atoms with E-state index in [0.717, 1.165) is 0 Å². The molecule has 5 heteroatoms. The van der Waals surface area contributed by atoms with Crippen LogP contribution in [0, 0.1) is 11.3 Å². The molecule has 0 aromatic rings. The number of methoxy groups -OCH3 is 1. The highest BCUT2D eigenvalue weighted by Gasteiger charge is 2.14. The molecule has 0 rings (SSSR count). The normalized spacial score (nSPS) is 11.5. The fourth-order valence-electron chi connectivity index (χ4n) is 0.771. The molecule has 0 spiro atoms. The number of carbonyl (C=O) groups excluding carboxylic acids is 2. The van der Waals surface area contributed by atoms with Crippen molar-refractivity contribution in [2.45, 2.75) is 25.4 Å². The molecule has 0 fully saturated rings. The average Bonchev–Trinajstić information content (AvgIpc) is 2.04. The van der Waals surface area contributed by atoms with Crippen LogP contribution in [-0.2, 0) is 14.3 Å². The number of hydrogen-bond acceptors (Lipinski definition) is 5. The van der Waals surface area contributed by atoms with Crippen molar-refractivity contribution in [3.05, 3.63) is 0 Å². The summed E-state index contributed by atoms with van der Waals surface area (Å²) < 4.78 is 4.29. The van der Waals surface area contributed by atoms with E-state index in [1.807, 2.05) is 0 Å². The molecule has 0 aliphatic heterocycles. The molecule has 0 aromatic heterocycles. The highest BCUT2D eigenvalue weighted by Crippen LogP contribution is 2.01. The Kier molecular flexibility index (Phi) is 5.48. The van der Waals surface area contributed by atoms with Gasteiger partial charge in [-0.3, -0.25) is 9.59 Å². The van der Waals surface area contributed by atoms with E-state index in [0.29, 0.717) is 0 Å². The first-order valence-electron chi connectivity index (χ1n) is 3.73. The van der Waals surface area contributed by atoms with E-state index in [1.165, 1.54) is 7.11 Å². The maximum atomic E-state index is 10.8. The second-order valence-electron chi connectivity index (χ2n) is 2.51. The summed E-state index contributed by atoms with van der Waals surface area (Å²) in [5.41, 5.74) is 0. The van der Waals surface area contributed by atoms with Crippen molar-refractivity contribution in [3.8, 4) is 6.07 Å². The maximum absolute atomic E-state index is 10.8. The second kappa shape index (κ2) is 6.14. The summed E-state index contributed by atoms with van der Waals surface area (Å²) in [5.74, 6) is -0.948. The topological polar surface area (TPSA) is 87.4 Å². The van der Waals surface area contributed by atoms with Crippen molar-refractivity contribution in [3.63, 3.8) is 0 Å². The number of rotatable bonds is 5. The first kappa shape index (κ1) is 11.6. The minimum absolute atomic E-state index is 0.178. The molecule has 0 amide bonds. The van der Waals surface area contributed by atoms with Gasteiger partial charge in [-0.15, -0.1) is 0 Å². The zero-order valence-corrected chi connectivity index (χ0v) is 7.32. The van der Waals surface area contributed by atoms with Crippen LogP contribution in [0.25, 0.3) is 0 Å². The standard InChI is InChI=1S/C8H11NO4/c1-13-8(12)5-7(11)4-6(10)2-3-9/h7,11H,2,4-5H2,1H3. The Labute approximate surface area is 75.9 Å². The highest BCUT2D eigenvalue weighted by atomic mass is 16.5. The SMILES string of the molecule is COC(=O)CC(O)CC(=O)CC#N. The lowest BCUT2D eigenvalue weighted by molar-refractivity contribution is -0.143. The summed E-state index contributed by atoms with van der Waals surface area (Å²) in [6.45, 7) is 0. The number of nitrogens with zero attached hydrogens (tertiary/aromatic N) is 1. The molecule has 5 nitrogen and oxygen atoms in total. The predicted octanol–water partition coefficient (Wildman–Crippen LogP) is -0.217. The van der Waals surface area contributed by atoms with Gasteiger partial charge in [-0.1, -0.05) is 0 Å². The first-order valence-corrected chi connectivity index (χ1v) is 3.73. The van der Waals surface area contributed by atoms with Gasteiger partial charge >= 0.3 is 5.97 Å². The van der Waals surface area contributed by atoms with Crippen molar-refractivity contribution in [1.29, 1.82) is 5.26 Å². The third-order valence-corrected chi connectivity index (χ3v) is 1.37. The van der Waals surface area contributed by atoms with E-state index in [-0.39, 0.29) is 25.0 Å². The predicted molar refractivity (Wildman–Crippen MR) is 42.5 cm³/mol. The summed E-state index contributed by atoms with van der Waals surface area (Å²) in [6.07, 6.45) is -1.68. The first-order chi connectivity index (χ1) is 6.10. The molecular weight excluding hydrogens is 174 g/mol. The van der Waals surface area contributed by atoms with Crippen molar-refractivity contribution >= 4 is 11.8 Å². The zero-order valence-electron chi connectivity index (χ0n) is 7.32. The minimum atomic E-state index is -1.05. The van der Waals surface area contributed by atoms with Gasteiger partial charge in [0.05, 0.1) is 32.1 Å². The number of aliphatic hydroxyl groups is 1. The molecule has 0 aromatic carbocycles. The van der Waals surface area contributed by atoms with Gasteiger partial charge in [0, 0.05) is 6.42 Å². The molecule has 0 aliphatic rings. The lowest BCUT2D eigenvalue weighted by Gasteiger charge is -2.06. The average molecular weight is 185 g/mol. The Bertz CT molecular complexity index is 231. The van der Waals surface area contributed by atoms with Gasteiger partial charge in [0.1, 0.15) is 5.78 Å². The fourth-order valence-corrected chi connectivity index (χ4v) is 0.771.